The van der Waals surface area contributed by atoms with Gasteiger partial charge in [0.05, 0.1) is 25.4 Å². The maximum Gasteiger partial charge on any atom is 0.145 e. The molecular formula is C12H21N3O2. The first-order chi connectivity index (χ1) is 7.73. The summed E-state index contributed by atoms with van der Waals surface area (Å²) in [5.41, 5.74) is -1.48. The minimum Gasteiger partial charge on any atom is -0.379 e. The van der Waals surface area contributed by atoms with Gasteiger partial charge < -0.3 is 9.84 Å². The molecule has 0 amide bonds. The van der Waals surface area contributed by atoms with E-state index in [9.17, 15) is 0 Å². The summed E-state index contributed by atoms with van der Waals surface area (Å²) in [4.78, 5) is 2.15. The topological polar surface area (TPSA) is 80.3 Å². The molecule has 0 aromatic carbocycles. The van der Waals surface area contributed by atoms with E-state index in [1.165, 1.54) is 13.8 Å². The van der Waals surface area contributed by atoms with Crippen molar-refractivity contribution in [2.45, 2.75) is 38.8 Å². The maximum atomic E-state index is 8.81. The Morgan fingerprint density at radius 3 is 1.76 bits per heavy atom. The van der Waals surface area contributed by atoms with Crippen LogP contribution in [0.25, 0.3) is 0 Å². The second-order valence-corrected chi connectivity index (χ2v) is 4.94. The van der Waals surface area contributed by atoms with Gasteiger partial charge in [0.25, 0.3) is 0 Å². The number of nitriles is 2. The highest BCUT2D eigenvalue weighted by Crippen LogP contribution is 2.14. The molecule has 1 aliphatic heterocycles. The molecule has 1 aliphatic rings. The largest absolute Gasteiger partial charge is 0.379 e. The number of hydrogen-bond acceptors (Lipinski definition) is 5. The Kier molecular flexibility index (Phi) is 6.12. The van der Waals surface area contributed by atoms with E-state index in [0.29, 0.717) is 0 Å². The second kappa shape index (κ2) is 6.56. The van der Waals surface area contributed by atoms with Crippen molar-refractivity contribution in [2.24, 2.45) is 0 Å². The number of morpholine rings is 1. The van der Waals surface area contributed by atoms with Gasteiger partial charge in [-0.25, -0.2) is 0 Å². The molecule has 0 aromatic rings. The molecule has 5 nitrogen and oxygen atoms in total. The summed E-state index contributed by atoms with van der Waals surface area (Å²) in [5, 5.41) is 25.2. The molecule has 0 radical (unpaired) electrons. The van der Waals surface area contributed by atoms with E-state index < -0.39 is 5.60 Å². The quantitative estimate of drug-likeness (QED) is 0.688. The van der Waals surface area contributed by atoms with E-state index in [1.54, 1.807) is 6.07 Å². The van der Waals surface area contributed by atoms with Gasteiger partial charge in [-0.05, 0) is 27.7 Å². The molecule has 0 bridgehead atoms. The molecule has 0 aliphatic carbocycles. The zero-order valence-electron chi connectivity index (χ0n) is 11.0. The molecule has 1 N–H and O–H groups in total. The summed E-state index contributed by atoms with van der Waals surface area (Å²) in [6, 6.07) is 3.94. The van der Waals surface area contributed by atoms with Crippen molar-refractivity contribution >= 4 is 0 Å². The minimum atomic E-state index is -1.15. The lowest BCUT2D eigenvalue weighted by molar-refractivity contribution is 0.00685. The van der Waals surface area contributed by atoms with Crippen molar-refractivity contribution in [1.29, 1.82) is 10.5 Å². The summed E-state index contributed by atoms with van der Waals surface area (Å²) >= 11 is 0. The van der Waals surface area contributed by atoms with Crippen LogP contribution in [0.3, 0.4) is 0 Å². The molecule has 1 heterocycles. The van der Waals surface area contributed by atoms with Gasteiger partial charge in [0.2, 0.25) is 0 Å². The van der Waals surface area contributed by atoms with Gasteiger partial charge in [0, 0.05) is 13.1 Å². The number of rotatable bonds is 1. The van der Waals surface area contributed by atoms with Crippen molar-refractivity contribution in [1.82, 2.24) is 4.90 Å². The fraction of sp³-hybridized carbons (Fsp3) is 0.833. The van der Waals surface area contributed by atoms with Crippen molar-refractivity contribution in [3.63, 3.8) is 0 Å². The number of ether oxygens (including phenoxy) is 1. The molecule has 17 heavy (non-hydrogen) atoms. The van der Waals surface area contributed by atoms with Gasteiger partial charge >= 0.3 is 0 Å². The van der Waals surface area contributed by atoms with Crippen LogP contribution in [0, 0.1) is 22.7 Å². The number of hydrogen-bond donors (Lipinski definition) is 1. The van der Waals surface area contributed by atoms with E-state index in [-0.39, 0.29) is 5.54 Å². The third-order valence-corrected chi connectivity index (χ3v) is 2.35. The highest BCUT2D eigenvalue weighted by atomic mass is 16.5. The predicted molar refractivity (Wildman–Crippen MR) is 64.0 cm³/mol. The highest BCUT2D eigenvalue weighted by molar-refractivity contribution is 5.02. The Morgan fingerprint density at radius 1 is 1.06 bits per heavy atom. The molecule has 5 heteroatoms. The summed E-state index contributed by atoms with van der Waals surface area (Å²) in [7, 11) is 0. The van der Waals surface area contributed by atoms with Crippen LogP contribution in [0.5, 0.6) is 0 Å². The van der Waals surface area contributed by atoms with Crippen LogP contribution < -0.4 is 0 Å². The molecule has 0 atom stereocenters. The van der Waals surface area contributed by atoms with Crippen molar-refractivity contribution in [3.8, 4) is 12.1 Å². The van der Waals surface area contributed by atoms with Crippen LogP contribution in [-0.4, -0.2) is 47.4 Å². The monoisotopic (exact) mass is 239 g/mol. The van der Waals surface area contributed by atoms with Crippen LogP contribution in [0.15, 0.2) is 0 Å². The van der Waals surface area contributed by atoms with Gasteiger partial charge in [-0.15, -0.1) is 0 Å². The Labute approximate surface area is 103 Å². The maximum absolute atomic E-state index is 8.81. The summed E-state index contributed by atoms with van der Waals surface area (Å²) in [6.45, 7) is 10.0. The van der Waals surface area contributed by atoms with E-state index in [1.807, 2.05) is 13.8 Å². The van der Waals surface area contributed by atoms with Gasteiger partial charge in [0.15, 0.2) is 0 Å². The molecule has 1 saturated heterocycles. The standard InChI is InChI=1S/C8H14N2O.C4H7NO/c1-8(2,7-9)10-3-5-11-6-4-10;1-4(2,6)3-5/h3-6H2,1-2H3;6H,1-2H3. The molecule has 1 rings (SSSR count). The average Bonchev–Trinajstić information content (AvgIpc) is 2.30. The summed E-state index contributed by atoms with van der Waals surface area (Å²) < 4.78 is 5.19. The first-order valence-electron chi connectivity index (χ1n) is 5.60. The molecule has 1 fully saturated rings. The lowest BCUT2D eigenvalue weighted by atomic mass is 10.1. The molecule has 0 unspecified atom stereocenters. The minimum absolute atomic E-state index is 0.330. The number of nitrogens with zero attached hydrogens (tertiary/aromatic N) is 3. The van der Waals surface area contributed by atoms with Crippen molar-refractivity contribution in [3.05, 3.63) is 0 Å². The fourth-order valence-corrected chi connectivity index (χ4v) is 1.19. The van der Waals surface area contributed by atoms with Crippen LogP contribution in [0.2, 0.25) is 0 Å². The Morgan fingerprint density at radius 2 is 1.47 bits per heavy atom. The lowest BCUT2D eigenvalue weighted by Crippen LogP contribution is -2.48. The molecule has 0 aromatic heterocycles. The second-order valence-electron chi connectivity index (χ2n) is 4.94. The van der Waals surface area contributed by atoms with Gasteiger partial charge in [-0.3, -0.25) is 4.90 Å². The van der Waals surface area contributed by atoms with E-state index >= 15 is 0 Å². The SMILES string of the molecule is CC(C)(C#N)N1CCOCC1.CC(C)(O)C#N. The van der Waals surface area contributed by atoms with Crippen LogP contribution in [0.1, 0.15) is 27.7 Å². The van der Waals surface area contributed by atoms with E-state index in [4.69, 9.17) is 20.4 Å². The highest BCUT2D eigenvalue weighted by Gasteiger charge is 2.27. The van der Waals surface area contributed by atoms with Gasteiger partial charge in [-0.1, -0.05) is 0 Å². The summed E-state index contributed by atoms with van der Waals surface area (Å²) in [6.07, 6.45) is 0. The zero-order chi connectivity index (χ0) is 13.5. The van der Waals surface area contributed by atoms with E-state index in [2.05, 4.69) is 11.0 Å². The summed E-state index contributed by atoms with van der Waals surface area (Å²) in [5.74, 6) is 0. The Bertz CT molecular complexity index is 301. The average molecular weight is 239 g/mol. The predicted octanol–water partition coefficient (Wildman–Crippen LogP) is 0.902. The number of aliphatic hydroxyl groups is 1. The zero-order valence-corrected chi connectivity index (χ0v) is 11.0. The van der Waals surface area contributed by atoms with Crippen molar-refractivity contribution < 1.29 is 9.84 Å². The van der Waals surface area contributed by atoms with Crippen molar-refractivity contribution in [2.75, 3.05) is 26.3 Å². The third-order valence-electron chi connectivity index (χ3n) is 2.35. The molecule has 96 valence electrons. The van der Waals surface area contributed by atoms with Crippen LogP contribution in [0.4, 0.5) is 0 Å². The third kappa shape index (κ3) is 6.91. The molecule has 0 spiro atoms. The Balaban J connectivity index is 0.000000366. The van der Waals surface area contributed by atoms with Crippen LogP contribution >= 0.6 is 0 Å². The first-order valence-corrected chi connectivity index (χ1v) is 5.60. The molecular weight excluding hydrogens is 218 g/mol. The van der Waals surface area contributed by atoms with Gasteiger partial charge in [-0.2, -0.15) is 10.5 Å². The molecule has 0 saturated carbocycles. The van der Waals surface area contributed by atoms with Crippen LogP contribution in [-0.2, 0) is 4.74 Å². The van der Waals surface area contributed by atoms with Gasteiger partial charge in [0.1, 0.15) is 11.1 Å². The lowest BCUT2D eigenvalue weighted by Gasteiger charge is -2.35. The normalized spacial score (nSPS) is 17.4. The first kappa shape index (κ1) is 15.9. The Hall–Kier alpha value is -1.14. The van der Waals surface area contributed by atoms with E-state index in [0.717, 1.165) is 26.3 Å². The smallest absolute Gasteiger partial charge is 0.145 e. The fourth-order valence-electron chi connectivity index (χ4n) is 1.19.